The van der Waals surface area contributed by atoms with Crippen LogP contribution >= 0.6 is 0 Å². The minimum Gasteiger partial charge on any atom is -0.497 e. The van der Waals surface area contributed by atoms with E-state index in [1.54, 1.807) is 18.2 Å². The van der Waals surface area contributed by atoms with Crippen molar-refractivity contribution in [1.29, 1.82) is 0 Å². The number of carbonyl (C=O) groups is 1. The molecule has 5 heteroatoms. The maximum atomic E-state index is 12.4. The topological polar surface area (TPSA) is 55.3 Å². The maximum Gasteiger partial charge on any atom is 0.278 e. The Bertz CT molecular complexity index is 613. The fourth-order valence-electron chi connectivity index (χ4n) is 2.26. The van der Waals surface area contributed by atoms with Gasteiger partial charge in [0.25, 0.3) is 5.91 Å². The zero-order valence-corrected chi connectivity index (χ0v) is 10.5. The molecule has 0 unspecified atom stereocenters. The molecular formula is C14H13N3O2. The summed E-state index contributed by atoms with van der Waals surface area (Å²) in [6.45, 7) is 0.665. The number of ether oxygens (including phenoxy) is 1. The summed E-state index contributed by atoms with van der Waals surface area (Å²) in [5.74, 6) is 0.699. The molecule has 1 aromatic heterocycles. The first-order valence-electron chi connectivity index (χ1n) is 6.04. The lowest BCUT2D eigenvalue weighted by atomic mass is 10.1. The lowest BCUT2D eigenvalue weighted by Crippen LogP contribution is -2.29. The van der Waals surface area contributed by atoms with Crippen molar-refractivity contribution in [2.24, 2.45) is 0 Å². The zero-order valence-electron chi connectivity index (χ0n) is 10.5. The summed E-state index contributed by atoms with van der Waals surface area (Å²) in [7, 11) is 1.64. The van der Waals surface area contributed by atoms with E-state index in [0.29, 0.717) is 12.2 Å². The minimum absolute atomic E-state index is 0.114. The maximum absolute atomic E-state index is 12.4. The first kappa shape index (κ1) is 11.6. The highest BCUT2D eigenvalue weighted by Crippen LogP contribution is 2.31. The average Bonchev–Trinajstić information content (AvgIpc) is 2.90. The molecule has 0 atom stereocenters. The van der Waals surface area contributed by atoms with Gasteiger partial charge in [-0.2, -0.15) is 0 Å². The molecule has 0 radical (unpaired) electrons. The van der Waals surface area contributed by atoms with Crippen molar-refractivity contribution < 1.29 is 9.53 Å². The number of hydrogen-bond acceptors (Lipinski definition) is 4. The van der Waals surface area contributed by atoms with Crippen molar-refractivity contribution in [2.45, 2.75) is 6.42 Å². The van der Waals surface area contributed by atoms with E-state index in [2.05, 4.69) is 9.97 Å². The normalized spacial score (nSPS) is 13.2. The monoisotopic (exact) mass is 255 g/mol. The molecule has 0 saturated heterocycles. The average molecular weight is 255 g/mol. The molecule has 1 aliphatic heterocycles. The number of benzene rings is 1. The summed E-state index contributed by atoms with van der Waals surface area (Å²) in [5, 5.41) is 0. The van der Waals surface area contributed by atoms with Crippen LogP contribution in [-0.4, -0.2) is 29.5 Å². The van der Waals surface area contributed by atoms with Gasteiger partial charge in [0.2, 0.25) is 0 Å². The van der Waals surface area contributed by atoms with E-state index in [-0.39, 0.29) is 5.91 Å². The number of nitrogens with zero attached hydrogens (tertiary/aromatic N) is 3. The van der Waals surface area contributed by atoms with Gasteiger partial charge in [-0.25, -0.2) is 4.98 Å². The van der Waals surface area contributed by atoms with Gasteiger partial charge in [0, 0.05) is 24.6 Å². The fraction of sp³-hybridized carbons (Fsp3) is 0.214. The molecule has 0 fully saturated rings. The third-order valence-corrected chi connectivity index (χ3v) is 3.21. The van der Waals surface area contributed by atoms with Crippen LogP contribution in [-0.2, 0) is 6.42 Å². The van der Waals surface area contributed by atoms with Crippen molar-refractivity contribution in [3.63, 3.8) is 0 Å². The highest BCUT2D eigenvalue weighted by atomic mass is 16.5. The summed E-state index contributed by atoms with van der Waals surface area (Å²) >= 11 is 0. The lowest BCUT2D eigenvalue weighted by Gasteiger charge is -2.16. The van der Waals surface area contributed by atoms with Crippen molar-refractivity contribution in [3.8, 4) is 5.75 Å². The highest BCUT2D eigenvalue weighted by molar-refractivity contribution is 6.05. The van der Waals surface area contributed by atoms with Gasteiger partial charge in [0.1, 0.15) is 11.4 Å². The second kappa shape index (κ2) is 4.68. The van der Waals surface area contributed by atoms with Crippen LogP contribution in [0.15, 0.2) is 36.8 Å². The molecule has 0 N–H and O–H groups in total. The number of rotatable bonds is 2. The standard InChI is InChI=1S/C14H13N3O2/c1-19-11-2-3-13-10(8-11)4-7-17(13)14(18)12-9-15-5-6-16-12/h2-3,5-6,8-9H,4,7H2,1H3. The van der Waals surface area contributed by atoms with Crippen LogP contribution in [0.2, 0.25) is 0 Å². The summed E-state index contributed by atoms with van der Waals surface area (Å²) in [6, 6.07) is 5.75. The largest absolute Gasteiger partial charge is 0.497 e. The molecule has 2 heterocycles. The van der Waals surface area contributed by atoms with Gasteiger partial charge in [-0.3, -0.25) is 9.78 Å². The molecule has 1 amide bonds. The molecule has 1 aliphatic rings. The third-order valence-electron chi connectivity index (χ3n) is 3.21. The summed E-state index contributed by atoms with van der Waals surface area (Å²) in [4.78, 5) is 22.1. The molecule has 5 nitrogen and oxygen atoms in total. The van der Waals surface area contributed by atoms with Gasteiger partial charge < -0.3 is 9.64 Å². The molecular weight excluding hydrogens is 242 g/mol. The van der Waals surface area contributed by atoms with E-state index in [1.165, 1.54) is 12.4 Å². The molecule has 96 valence electrons. The molecule has 0 spiro atoms. The Morgan fingerprint density at radius 2 is 2.26 bits per heavy atom. The SMILES string of the molecule is COc1ccc2c(c1)CCN2C(=O)c1cnccn1. The van der Waals surface area contributed by atoms with E-state index in [1.807, 2.05) is 18.2 Å². The predicted molar refractivity (Wildman–Crippen MR) is 70.4 cm³/mol. The summed E-state index contributed by atoms with van der Waals surface area (Å²) < 4.78 is 5.19. The van der Waals surface area contributed by atoms with Gasteiger partial charge in [-0.05, 0) is 30.2 Å². The Balaban J connectivity index is 1.92. The van der Waals surface area contributed by atoms with Crippen molar-refractivity contribution in [2.75, 3.05) is 18.6 Å². The van der Waals surface area contributed by atoms with Crippen LogP contribution in [0, 0.1) is 0 Å². The molecule has 0 bridgehead atoms. The Kier molecular flexibility index (Phi) is 2.87. The quantitative estimate of drug-likeness (QED) is 0.819. The van der Waals surface area contributed by atoms with Crippen LogP contribution in [0.3, 0.4) is 0 Å². The third kappa shape index (κ3) is 2.03. The molecule has 0 saturated carbocycles. The van der Waals surface area contributed by atoms with E-state index in [4.69, 9.17) is 4.74 Å². The van der Waals surface area contributed by atoms with Gasteiger partial charge >= 0.3 is 0 Å². The molecule has 19 heavy (non-hydrogen) atoms. The van der Waals surface area contributed by atoms with Crippen LogP contribution in [0.5, 0.6) is 5.75 Å². The van der Waals surface area contributed by atoms with Crippen molar-refractivity contribution in [3.05, 3.63) is 48.0 Å². The van der Waals surface area contributed by atoms with E-state index >= 15 is 0 Å². The first-order valence-corrected chi connectivity index (χ1v) is 6.04. The van der Waals surface area contributed by atoms with Crippen molar-refractivity contribution >= 4 is 11.6 Å². The van der Waals surface area contributed by atoms with Gasteiger partial charge in [-0.1, -0.05) is 0 Å². The van der Waals surface area contributed by atoms with Crippen molar-refractivity contribution in [1.82, 2.24) is 9.97 Å². The second-order valence-electron chi connectivity index (χ2n) is 4.29. The number of anilines is 1. The zero-order chi connectivity index (χ0) is 13.2. The van der Waals surface area contributed by atoms with Crippen LogP contribution in [0.4, 0.5) is 5.69 Å². The Morgan fingerprint density at radius 3 is 3.00 bits per heavy atom. The number of methoxy groups -OCH3 is 1. The van der Waals surface area contributed by atoms with Gasteiger partial charge in [-0.15, -0.1) is 0 Å². The Hall–Kier alpha value is -2.43. The van der Waals surface area contributed by atoms with Crippen LogP contribution in [0.1, 0.15) is 16.1 Å². The van der Waals surface area contributed by atoms with Crippen LogP contribution < -0.4 is 9.64 Å². The van der Waals surface area contributed by atoms with Crippen LogP contribution in [0.25, 0.3) is 0 Å². The molecule has 1 aromatic carbocycles. The fourth-order valence-corrected chi connectivity index (χ4v) is 2.26. The Morgan fingerprint density at radius 1 is 1.37 bits per heavy atom. The first-order chi connectivity index (χ1) is 9.29. The highest BCUT2D eigenvalue weighted by Gasteiger charge is 2.26. The number of hydrogen-bond donors (Lipinski definition) is 0. The second-order valence-corrected chi connectivity index (χ2v) is 4.29. The molecule has 3 rings (SSSR count). The van der Waals surface area contributed by atoms with E-state index < -0.39 is 0 Å². The van der Waals surface area contributed by atoms with Gasteiger partial charge in [0.05, 0.1) is 13.3 Å². The van der Waals surface area contributed by atoms with E-state index in [0.717, 1.165) is 23.4 Å². The van der Waals surface area contributed by atoms with E-state index in [9.17, 15) is 4.79 Å². The minimum atomic E-state index is -0.114. The smallest absolute Gasteiger partial charge is 0.278 e. The summed E-state index contributed by atoms with van der Waals surface area (Å²) in [5.41, 5.74) is 2.42. The number of amides is 1. The summed E-state index contributed by atoms with van der Waals surface area (Å²) in [6.07, 6.45) is 5.40. The number of aromatic nitrogens is 2. The molecule has 0 aliphatic carbocycles. The number of carbonyl (C=O) groups excluding carboxylic acids is 1. The molecule has 2 aromatic rings. The number of fused-ring (bicyclic) bond motifs is 1. The van der Waals surface area contributed by atoms with Gasteiger partial charge in [0.15, 0.2) is 0 Å². The Labute approximate surface area is 110 Å². The lowest BCUT2D eigenvalue weighted by molar-refractivity contribution is 0.0984. The predicted octanol–water partition coefficient (Wildman–Crippen LogP) is 1.69.